The summed E-state index contributed by atoms with van der Waals surface area (Å²) in [6, 6.07) is 5.52. The summed E-state index contributed by atoms with van der Waals surface area (Å²) >= 11 is 12.6. The SMILES string of the molecule is CC1Cn2c(-c3cnccn3)nnc2-c2nnc(-c3cccc(Cl)c3Cl)n21. The maximum Gasteiger partial charge on any atom is 0.202 e. The van der Waals surface area contributed by atoms with E-state index in [0.29, 0.717) is 45.6 Å². The largest absolute Gasteiger partial charge is 0.301 e. The van der Waals surface area contributed by atoms with Crippen molar-refractivity contribution < 1.29 is 0 Å². The van der Waals surface area contributed by atoms with Gasteiger partial charge in [-0.25, -0.2) is 4.98 Å². The monoisotopic (exact) mass is 398 g/mol. The van der Waals surface area contributed by atoms with Crippen LogP contribution in [0.15, 0.2) is 36.8 Å². The summed E-state index contributed by atoms with van der Waals surface area (Å²) in [5, 5.41) is 18.3. The van der Waals surface area contributed by atoms with E-state index in [0.717, 1.165) is 5.56 Å². The van der Waals surface area contributed by atoms with Gasteiger partial charge in [0, 0.05) is 24.5 Å². The summed E-state index contributed by atoms with van der Waals surface area (Å²) in [5.74, 6) is 2.56. The van der Waals surface area contributed by atoms with Crippen molar-refractivity contribution in [2.45, 2.75) is 19.5 Å². The van der Waals surface area contributed by atoms with E-state index < -0.39 is 0 Å². The lowest BCUT2D eigenvalue weighted by atomic mass is 10.1. The molecule has 0 N–H and O–H groups in total. The molecule has 10 heteroatoms. The Balaban J connectivity index is 1.68. The van der Waals surface area contributed by atoms with E-state index in [1.165, 1.54) is 0 Å². The van der Waals surface area contributed by atoms with E-state index in [9.17, 15) is 0 Å². The van der Waals surface area contributed by atoms with Gasteiger partial charge in [-0.1, -0.05) is 29.3 Å². The summed E-state index contributed by atoms with van der Waals surface area (Å²) in [6.45, 7) is 2.72. The smallest absolute Gasteiger partial charge is 0.202 e. The van der Waals surface area contributed by atoms with Crippen molar-refractivity contribution in [3.63, 3.8) is 0 Å². The fraction of sp³-hybridized carbons (Fsp3) is 0.176. The molecule has 5 rings (SSSR count). The van der Waals surface area contributed by atoms with Crippen LogP contribution in [0.1, 0.15) is 13.0 Å². The van der Waals surface area contributed by atoms with Crippen LogP contribution >= 0.6 is 23.2 Å². The third-order valence-electron chi connectivity index (χ3n) is 4.52. The van der Waals surface area contributed by atoms with Crippen molar-refractivity contribution >= 4 is 23.2 Å². The molecular weight excluding hydrogens is 387 g/mol. The van der Waals surface area contributed by atoms with Crippen molar-refractivity contribution in [1.29, 1.82) is 0 Å². The maximum absolute atomic E-state index is 6.40. The van der Waals surface area contributed by atoms with E-state index in [1.54, 1.807) is 24.7 Å². The van der Waals surface area contributed by atoms with Crippen LogP contribution in [0.5, 0.6) is 0 Å². The molecule has 0 saturated heterocycles. The van der Waals surface area contributed by atoms with E-state index >= 15 is 0 Å². The van der Waals surface area contributed by atoms with Gasteiger partial charge >= 0.3 is 0 Å². The number of rotatable bonds is 2. The highest BCUT2D eigenvalue weighted by molar-refractivity contribution is 6.43. The van der Waals surface area contributed by atoms with Gasteiger partial charge in [0.25, 0.3) is 0 Å². The van der Waals surface area contributed by atoms with Crippen LogP contribution in [-0.4, -0.2) is 39.5 Å². The first-order valence-corrected chi connectivity index (χ1v) is 9.00. The fourth-order valence-electron chi connectivity index (χ4n) is 3.31. The van der Waals surface area contributed by atoms with E-state index in [-0.39, 0.29) is 6.04 Å². The van der Waals surface area contributed by atoms with Crippen LogP contribution < -0.4 is 0 Å². The van der Waals surface area contributed by atoms with Gasteiger partial charge in [-0.2, -0.15) is 0 Å². The molecule has 0 saturated carbocycles. The third-order valence-corrected chi connectivity index (χ3v) is 5.34. The van der Waals surface area contributed by atoms with Gasteiger partial charge in [-0.3, -0.25) is 9.55 Å². The fourth-order valence-corrected chi connectivity index (χ4v) is 3.70. The minimum Gasteiger partial charge on any atom is -0.301 e. The zero-order chi connectivity index (χ0) is 18.5. The number of hydrogen-bond donors (Lipinski definition) is 0. The molecular formula is C17H12Cl2N8. The van der Waals surface area contributed by atoms with Gasteiger partial charge in [0.05, 0.1) is 22.3 Å². The van der Waals surface area contributed by atoms with Crippen molar-refractivity contribution in [2.24, 2.45) is 0 Å². The highest BCUT2D eigenvalue weighted by atomic mass is 35.5. The van der Waals surface area contributed by atoms with E-state index in [1.807, 2.05) is 21.3 Å². The summed E-state index contributed by atoms with van der Waals surface area (Å²) in [5.41, 5.74) is 1.39. The Morgan fingerprint density at radius 1 is 0.963 bits per heavy atom. The second-order valence-corrected chi connectivity index (χ2v) is 7.00. The Bertz CT molecular complexity index is 1150. The van der Waals surface area contributed by atoms with E-state index in [4.69, 9.17) is 23.2 Å². The Kier molecular flexibility index (Phi) is 3.70. The minimum atomic E-state index is 0.0546. The summed E-state index contributed by atoms with van der Waals surface area (Å²) < 4.78 is 4.00. The van der Waals surface area contributed by atoms with Crippen LogP contribution in [-0.2, 0) is 6.54 Å². The standard InChI is InChI=1S/C17H12Cl2N8/c1-9-8-26-15(12-7-20-5-6-21-12)23-24-16(26)17-25-22-14(27(9)17)10-3-2-4-11(18)13(10)19/h2-7,9H,8H2,1H3. The van der Waals surface area contributed by atoms with Crippen LogP contribution in [0.4, 0.5) is 0 Å². The number of hydrogen-bond acceptors (Lipinski definition) is 6. The number of halogens is 2. The van der Waals surface area contributed by atoms with Crippen LogP contribution in [0.2, 0.25) is 10.0 Å². The van der Waals surface area contributed by atoms with Crippen molar-refractivity contribution in [2.75, 3.05) is 0 Å². The second-order valence-electron chi connectivity index (χ2n) is 6.22. The average molecular weight is 399 g/mol. The average Bonchev–Trinajstić information content (AvgIpc) is 3.29. The number of benzene rings is 1. The van der Waals surface area contributed by atoms with E-state index in [2.05, 4.69) is 37.3 Å². The maximum atomic E-state index is 6.40. The Hall–Kier alpha value is -2.84. The molecule has 0 amide bonds. The quantitative estimate of drug-likeness (QED) is 0.513. The molecule has 3 aromatic heterocycles. The Labute approximate surface area is 163 Å². The predicted octanol–water partition coefficient (Wildman–Crippen LogP) is 3.54. The molecule has 4 aromatic rings. The second kappa shape index (κ2) is 6.11. The molecule has 1 aliphatic heterocycles. The van der Waals surface area contributed by atoms with Crippen molar-refractivity contribution in [3.8, 4) is 34.6 Å². The van der Waals surface area contributed by atoms with Crippen LogP contribution in [0.25, 0.3) is 34.6 Å². The molecule has 0 bridgehead atoms. The van der Waals surface area contributed by atoms with Crippen molar-refractivity contribution in [1.82, 2.24) is 39.5 Å². The first-order chi connectivity index (χ1) is 13.1. The molecule has 1 aromatic carbocycles. The number of nitrogens with zero attached hydrogens (tertiary/aromatic N) is 8. The highest BCUT2D eigenvalue weighted by Crippen LogP contribution is 2.38. The normalized spacial score (nSPS) is 15.4. The van der Waals surface area contributed by atoms with Gasteiger partial charge in [0.1, 0.15) is 5.69 Å². The molecule has 8 nitrogen and oxygen atoms in total. The van der Waals surface area contributed by atoms with Crippen LogP contribution in [0.3, 0.4) is 0 Å². The first-order valence-electron chi connectivity index (χ1n) is 8.24. The lowest BCUT2D eigenvalue weighted by molar-refractivity contribution is 0.450. The van der Waals surface area contributed by atoms with Gasteiger partial charge < -0.3 is 4.57 Å². The molecule has 4 heterocycles. The summed E-state index contributed by atoms with van der Waals surface area (Å²) in [4.78, 5) is 8.43. The Morgan fingerprint density at radius 2 is 1.74 bits per heavy atom. The predicted molar refractivity (Wildman–Crippen MR) is 100 cm³/mol. The lowest BCUT2D eigenvalue weighted by Gasteiger charge is -2.24. The molecule has 1 unspecified atom stereocenters. The molecule has 1 aliphatic rings. The molecule has 1 atom stereocenters. The summed E-state index contributed by atoms with van der Waals surface area (Å²) in [7, 11) is 0. The van der Waals surface area contributed by atoms with Crippen LogP contribution in [0, 0.1) is 0 Å². The lowest BCUT2D eigenvalue weighted by Crippen LogP contribution is -2.22. The summed E-state index contributed by atoms with van der Waals surface area (Å²) in [6.07, 6.45) is 4.92. The zero-order valence-corrected chi connectivity index (χ0v) is 15.6. The number of fused-ring (bicyclic) bond motifs is 3. The third kappa shape index (κ3) is 2.44. The molecule has 0 fully saturated rings. The molecule has 27 heavy (non-hydrogen) atoms. The topological polar surface area (TPSA) is 87.2 Å². The molecule has 0 aliphatic carbocycles. The molecule has 0 radical (unpaired) electrons. The molecule has 134 valence electrons. The minimum absolute atomic E-state index is 0.0546. The van der Waals surface area contributed by atoms with Gasteiger partial charge in [0.2, 0.25) is 11.6 Å². The molecule has 0 spiro atoms. The van der Waals surface area contributed by atoms with Gasteiger partial charge in [-0.15, -0.1) is 20.4 Å². The number of aromatic nitrogens is 8. The highest BCUT2D eigenvalue weighted by Gasteiger charge is 2.31. The zero-order valence-electron chi connectivity index (χ0n) is 14.1. The van der Waals surface area contributed by atoms with Gasteiger partial charge in [-0.05, 0) is 19.1 Å². The Morgan fingerprint density at radius 3 is 2.56 bits per heavy atom. The van der Waals surface area contributed by atoms with Crippen molar-refractivity contribution in [3.05, 3.63) is 46.8 Å². The first kappa shape index (κ1) is 16.3. The van der Waals surface area contributed by atoms with Gasteiger partial charge in [0.15, 0.2) is 11.6 Å².